The molecule has 2 aromatic carbocycles. The van der Waals surface area contributed by atoms with Gasteiger partial charge in [0.1, 0.15) is 0 Å². The van der Waals surface area contributed by atoms with E-state index in [-0.39, 0.29) is 17.1 Å². The molecule has 1 heterocycles. The second-order valence-electron chi connectivity index (χ2n) is 5.49. The van der Waals surface area contributed by atoms with Crippen LogP contribution in [-0.4, -0.2) is 24.0 Å². The summed E-state index contributed by atoms with van der Waals surface area (Å²) < 4.78 is 31.1. The van der Waals surface area contributed by atoms with Crippen LogP contribution in [0.2, 0.25) is 0 Å². The van der Waals surface area contributed by atoms with Gasteiger partial charge in [-0.15, -0.1) is 11.3 Å². The summed E-state index contributed by atoms with van der Waals surface area (Å²) in [5, 5.41) is 2.79. The molecule has 3 aromatic rings. The zero-order valence-corrected chi connectivity index (χ0v) is 15.0. The number of hydrogen-bond acceptors (Lipinski definition) is 5. The molecule has 0 spiro atoms. The molecule has 5 nitrogen and oxygen atoms in total. The van der Waals surface area contributed by atoms with Crippen LogP contribution in [0.25, 0.3) is 11.3 Å². The number of rotatable bonds is 5. The van der Waals surface area contributed by atoms with Crippen LogP contribution in [0, 0.1) is 11.6 Å². The van der Waals surface area contributed by atoms with E-state index in [1.807, 2.05) is 30.3 Å². The van der Waals surface area contributed by atoms with E-state index in [0.717, 1.165) is 29.0 Å². The number of nitrogens with zero attached hydrogens (tertiary/aromatic N) is 1. The van der Waals surface area contributed by atoms with Crippen LogP contribution in [-0.2, 0) is 16.0 Å². The van der Waals surface area contributed by atoms with Gasteiger partial charge in [-0.25, -0.2) is 13.8 Å². The van der Waals surface area contributed by atoms with Gasteiger partial charge in [-0.2, -0.15) is 0 Å². The van der Waals surface area contributed by atoms with Crippen molar-refractivity contribution in [2.24, 2.45) is 0 Å². The monoisotopic (exact) mass is 388 g/mol. The number of carbonyl (C=O) groups is 2. The second-order valence-corrected chi connectivity index (χ2v) is 6.58. The first kappa shape index (κ1) is 18.7. The highest BCUT2D eigenvalue weighted by molar-refractivity contribution is 7.16. The molecule has 138 valence electrons. The Labute approximate surface area is 157 Å². The molecule has 1 aromatic heterocycles. The summed E-state index contributed by atoms with van der Waals surface area (Å²) in [4.78, 5) is 29.0. The number of ether oxygens (including phenoxy) is 1. The molecule has 27 heavy (non-hydrogen) atoms. The van der Waals surface area contributed by atoms with Gasteiger partial charge in [-0.3, -0.25) is 14.9 Å². The molecule has 1 N–H and O–H groups in total. The van der Waals surface area contributed by atoms with Gasteiger partial charge in [0.15, 0.2) is 16.8 Å². The van der Waals surface area contributed by atoms with E-state index in [9.17, 15) is 18.4 Å². The predicted octanol–water partition coefficient (Wildman–Crippen LogP) is 4.06. The molecule has 3 rings (SSSR count). The summed E-state index contributed by atoms with van der Waals surface area (Å²) in [7, 11) is 1.29. The van der Waals surface area contributed by atoms with Crippen molar-refractivity contribution in [3.63, 3.8) is 0 Å². The lowest BCUT2D eigenvalue weighted by Crippen LogP contribution is -2.12. The second kappa shape index (κ2) is 8.05. The summed E-state index contributed by atoms with van der Waals surface area (Å²) in [6.07, 6.45) is -0.000554. The van der Waals surface area contributed by atoms with Crippen molar-refractivity contribution in [3.05, 3.63) is 70.6 Å². The average Bonchev–Trinajstić information content (AvgIpc) is 3.06. The lowest BCUT2D eigenvalue weighted by atomic mass is 10.1. The topological polar surface area (TPSA) is 68.3 Å². The van der Waals surface area contributed by atoms with Crippen molar-refractivity contribution in [2.75, 3.05) is 12.4 Å². The molecule has 0 aliphatic rings. The summed E-state index contributed by atoms with van der Waals surface area (Å²) in [5.41, 5.74) is 1.28. The van der Waals surface area contributed by atoms with Crippen molar-refractivity contribution in [1.82, 2.24) is 4.98 Å². The van der Waals surface area contributed by atoms with Gasteiger partial charge in [0, 0.05) is 16.0 Å². The highest BCUT2D eigenvalue weighted by Gasteiger charge is 2.18. The zero-order valence-electron chi connectivity index (χ0n) is 14.2. The standard InChI is InChI=1S/C19H14F2N2O3S/c1-26-16(24)10-15-17(11-5-3-2-4-6-11)22-19(27-15)23-18(25)12-7-8-13(20)14(21)9-12/h2-9H,10H2,1H3,(H,22,23,25). The molecular weight excluding hydrogens is 374 g/mol. The molecule has 1 amide bonds. The van der Waals surface area contributed by atoms with Crippen LogP contribution in [0.15, 0.2) is 48.5 Å². The molecule has 0 radical (unpaired) electrons. The first-order valence-electron chi connectivity index (χ1n) is 7.86. The normalized spacial score (nSPS) is 10.5. The fraction of sp³-hybridized carbons (Fsp3) is 0.105. The lowest BCUT2D eigenvalue weighted by molar-refractivity contribution is -0.139. The molecule has 0 aliphatic heterocycles. The minimum Gasteiger partial charge on any atom is -0.469 e. The number of hydrogen-bond donors (Lipinski definition) is 1. The molecule has 0 unspecified atom stereocenters. The van der Waals surface area contributed by atoms with Crippen molar-refractivity contribution < 1.29 is 23.1 Å². The highest BCUT2D eigenvalue weighted by atomic mass is 32.1. The van der Waals surface area contributed by atoms with Gasteiger partial charge >= 0.3 is 5.97 Å². The van der Waals surface area contributed by atoms with Crippen molar-refractivity contribution in [3.8, 4) is 11.3 Å². The Morgan fingerprint density at radius 2 is 1.85 bits per heavy atom. The fourth-order valence-corrected chi connectivity index (χ4v) is 3.32. The maximum absolute atomic E-state index is 13.3. The van der Waals surface area contributed by atoms with E-state index in [1.54, 1.807) is 0 Å². The number of amides is 1. The molecule has 8 heteroatoms. The smallest absolute Gasteiger partial charge is 0.310 e. The number of anilines is 1. The van der Waals surface area contributed by atoms with E-state index < -0.39 is 23.5 Å². The van der Waals surface area contributed by atoms with E-state index in [4.69, 9.17) is 4.74 Å². The summed E-state index contributed by atoms with van der Waals surface area (Å²) in [5.74, 6) is -3.22. The lowest BCUT2D eigenvalue weighted by Gasteiger charge is -2.02. The van der Waals surface area contributed by atoms with Crippen LogP contribution in [0.1, 0.15) is 15.2 Å². The molecule has 0 bridgehead atoms. The first-order chi connectivity index (χ1) is 13.0. The van der Waals surface area contributed by atoms with Crippen LogP contribution in [0.4, 0.5) is 13.9 Å². The van der Waals surface area contributed by atoms with Crippen molar-refractivity contribution in [1.29, 1.82) is 0 Å². The SMILES string of the molecule is COC(=O)Cc1sc(NC(=O)c2ccc(F)c(F)c2)nc1-c1ccccc1. The Morgan fingerprint density at radius 1 is 1.11 bits per heavy atom. The Balaban J connectivity index is 1.90. The molecule has 0 fully saturated rings. The van der Waals surface area contributed by atoms with E-state index in [2.05, 4.69) is 10.3 Å². The van der Waals surface area contributed by atoms with Gasteiger partial charge in [0.2, 0.25) is 0 Å². The fourth-order valence-electron chi connectivity index (χ4n) is 2.36. The maximum Gasteiger partial charge on any atom is 0.310 e. The van der Waals surface area contributed by atoms with E-state index >= 15 is 0 Å². The Hall–Kier alpha value is -3.13. The Kier molecular flexibility index (Phi) is 5.56. The quantitative estimate of drug-likeness (QED) is 0.670. The third-order valence-corrected chi connectivity index (χ3v) is 4.65. The van der Waals surface area contributed by atoms with Crippen LogP contribution >= 0.6 is 11.3 Å². The largest absolute Gasteiger partial charge is 0.469 e. The average molecular weight is 388 g/mol. The Morgan fingerprint density at radius 3 is 2.52 bits per heavy atom. The molecule has 0 atom stereocenters. The third-order valence-electron chi connectivity index (χ3n) is 3.68. The van der Waals surface area contributed by atoms with Gasteiger partial charge in [-0.1, -0.05) is 30.3 Å². The summed E-state index contributed by atoms with van der Waals surface area (Å²) in [6.45, 7) is 0. The third kappa shape index (κ3) is 4.35. The number of methoxy groups -OCH3 is 1. The highest BCUT2D eigenvalue weighted by Crippen LogP contribution is 2.32. The molecule has 0 saturated carbocycles. The van der Waals surface area contributed by atoms with Crippen LogP contribution in [0.5, 0.6) is 0 Å². The van der Waals surface area contributed by atoms with Gasteiger partial charge in [-0.05, 0) is 18.2 Å². The van der Waals surface area contributed by atoms with Crippen molar-refractivity contribution in [2.45, 2.75) is 6.42 Å². The summed E-state index contributed by atoms with van der Waals surface area (Å²) >= 11 is 1.12. The van der Waals surface area contributed by atoms with E-state index in [1.165, 1.54) is 13.2 Å². The number of aromatic nitrogens is 1. The Bertz CT molecular complexity index is 990. The number of benzene rings is 2. The first-order valence-corrected chi connectivity index (χ1v) is 8.68. The number of esters is 1. The molecular formula is C19H14F2N2O3S. The number of thiazole rings is 1. The number of halogens is 2. The van der Waals surface area contributed by atoms with E-state index in [0.29, 0.717) is 10.6 Å². The van der Waals surface area contributed by atoms with Gasteiger partial charge < -0.3 is 4.74 Å². The number of carbonyl (C=O) groups excluding carboxylic acids is 2. The molecule has 0 aliphatic carbocycles. The van der Waals surface area contributed by atoms with Crippen LogP contribution in [0.3, 0.4) is 0 Å². The van der Waals surface area contributed by atoms with Gasteiger partial charge in [0.25, 0.3) is 5.91 Å². The van der Waals surface area contributed by atoms with Crippen LogP contribution < -0.4 is 5.32 Å². The van der Waals surface area contributed by atoms with Crippen molar-refractivity contribution >= 4 is 28.3 Å². The predicted molar refractivity (Wildman–Crippen MR) is 97.6 cm³/mol. The minimum absolute atomic E-state index is 0.000554. The maximum atomic E-state index is 13.3. The number of nitrogens with one attached hydrogen (secondary N) is 1. The zero-order chi connectivity index (χ0) is 19.4. The minimum atomic E-state index is -1.11. The summed E-state index contributed by atoms with van der Waals surface area (Å²) in [6, 6.07) is 12.0. The van der Waals surface area contributed by atoms with Gasteiger partial charge in [0.05, 0.1) is 19.2 Å². The molecule has 0 saturated heterocycles.